The Bertz CT molecular complexity index is 349. The van der Waals surface area contributed by atoms with Crippen LogP contribution in [-0.2, 0) is 14.2 Å². The van der Waals surface area contributed by atoms with E-state index in [0.29, 0.717) is 32.1 Å². The first kappa shape index (κ1) is 12.1. The molecule has 0 aromatic carbocycles. The van der Waals surface area contributed by atoms with Crippen LogP contribution in [0.5, 0.6) is 0 Å². The first-order valence-corrected chi connectivity index (χ1v) is 5.68. The summed E-state index contributed by atoms with van der Waals surface area (Å²) < 4.78 is 9.21. The van der Waals surface area contributed by atoms with Crippen LogP contribution in [0.3, 0.4) is 0 Å². The Balaban J connectivity index is 1.89. The summed E-state index contributed by atoms with van der Waals surface area (Å²) in [6.45, 7) is 0.624. The predicted octanol–water partition coefficient (Wildman–Crippen LogP) is 0.778. The molecule has 7 heteroatoms. The van der Waals surface area contributed by atoms with Crippen molar-refractivity contribution in [3.8, 4) is 0 Å². The van der Waals surface area contributed by atoms with Crippen LogP contribution in [0.15, 0.2) is 0 Å². The third-order valence-corrected chi connectivity index (χ3v) is 3.74. The SMILES string of the molecule is COC(=O)CC1CC2CC1CN2C(=O)OB=N. The van der Waals surface area contributed by atoms with Gasteiger partial charge in [-0.25, -0.2) is 0 Å². The molecule has 6 nitrogen and oxygen atoms in total. The zero-order valence-corrected chi connectivity index (χ0v) is 9.72. The molecular weight excluding hydrogens is 223 g/mol. The van der Waals surface area contributed by atoms with E-state index in [9.17, 15) is 9.59 Å². The normalized spacial score (nSPS) is 29.9. The van der Waals surface area contributed by atoms with Gasteiger partial charge in [0.1, 0.15) is 0 Å². The van der Waals surface area contributed by atoms with Crippen molar-refractivity contribution in [2.24, 2.45) is 11.8 Å². The Morgan fingerprint density at radius 2 is 2.24 bits per heavy atom. The Morgan fingerprint density at radius 3 is 2.76 bits per heavy atom. The average molecular weight is 238 g/mol. The molecule has 1 heterocycles. The number of ether oxygens (including phenoxy) is 1. The average Bonchev–Trinajstić information content (AvgIpc) is 2.88. The molecule has 2 aliphatic rings. The van der Waals surface area contributed by atoms with E-state index >= 15 is 0 Å². The van der Waals surface area contributed by atoms with Gasteiger partial charge in [-0.2, -0.15) is 0 Å². The molecule has 0 spiro atoms. The summed E-state index contributed by atoms with van der Waals surface area (Å²) in [5.74, 6) is 0.491. The number of carbonyl (C=O) groups is 2. The molecule has 1 aliphatic heterocycles. The van der Waals surface area contributed by atoms with Crippen LogP contribution in [0.25, 0.3) is 0 Å². The van der Waals surface area contributed by atoms with E-state index in [0.717, 1.165) is 12.8 Å². The minimum atomic E-state index is -0.455. The second-order valence-electron chi connectivity index (χ2n) is 4.58. The van der Waals surface area contributed by atoms with Crippen molar-refractivity contribution in [1.82, 2.24) is 4.90 Å². The van der Waals surface area contributed by atoms with Gasteiger partial charge < -0.3 is 0 Å². The summed E-state index contributed by atoms with van der Waals surface area (Å²) in [5, 5.41) is 6.73. The quantitative estimate of drug-likeness (QED) is 0.581. The van der Waals surface area contributed by atoms with Gasteiger partial charge in [0, 0.05) is 0 Å². The molecule has 2 bridgehead atoms. The van der Waals surface area contributed by atoms with Crippen LogP contribution in [-0.4, -0.2) is 43.9 Å². The summed E-state index contributed by atoms with van der Waals surface area (Å²) in [6, 6.07) is 0.155. The molecule has 1 saturated carbocycles. The van der Waals surface area contributed by atoms with E-state index in [1.807, 2.05) is 0 Å². The second-order valence-corrected chi connectivity index (χ2v) is 4.58. The molecule has 2 rings (SSSR count). The predicted molar refractivity (Wildman–Crippen MR) is 58.3 cm³/mol. The molecule has 2 fully saturated rings. The maximum atomic E-state index is 11.5. The van der Waals surface area contributed by atoms with Crippen molar-refractivity contribution < 1.29 is 19.0 Å². The Hall–Kier alpha value is -1.40. The van der Waals surface area contributed by atoms with Crippen molar-refractivity contribution in [3.63, 3.8) is 0 Å². The molecule has 0 aromatic rings. The number of methoxy groups -OCH3 is 1. The number of amides is 1. The molecule has 1 saturated heterocycles. The molecule has 0 aromatic heterocycles. The number of nitrogens with one attached hydrogen (secondary N) is 1. The third kappa shape index (κ3) is 2.32. The standard InChI is InChI=1S/C10H15BN2O4/c1-16-9(14)4-6-2-8-3-7(6)5-13(8)10(15)17-11-12/h6-8,12H,2-5H2,1H3. The van der Waals surface area contributed by atoms with Crippen molar-refractivity contribution in [2.75, 3.05) is 13.7 Å². The van der Waals surface area contributed by atoms with Crippen molar-refractivity contribution in [1.29, 1.82) is 5.31 Å². The number of rotatable bonds is 3. The van der Waals surface area contributed by atoms with Gasteiger partial charge in [-0.05, 0) is 0 Å². The van der Waals surface area contributed by atoms with Gasteiger partial charge in [-0.3, -0.25) is 0 Å². The van der Waals surface area contributed by atoms with E-state index in [4.69, 9.17) is 5.31 Å². The molecule has 17 heavy (non-hydrogen) atoms. The fourth-order valence-corrected chi connectivity index (χ4v) is 2.95. The van der Waals surface area contributed by atoms with Gasteiger partial charge in [0.25, 0.3) is 0 Å². The maximum absolute atomic E-state index is 11.5. The van der Waals surface area contributed by atoms with E-state index in [1.54, 1.807) is 4.90 Å². The van der Waals surface area contributed by atoms with Crippen molar-refractivity contribution >= 4 is 19.3 Å². The first-order chi connectivity index (χ1) is 8.15. The van der Waals surface area contributed by atoms with Gasteiger partial charge in [0.2, 0.25) is 0 Å². The fraction of sp³-hybridized carbons (Fsp3) is 0.800. The molecule has 1 amide bonds. The number of esters is 1. The molecule has 1 aliphatic carbocycles. The summed E-state index contributed by atoms with van der Waals surface area (Å²) in [7, 11) is 2.05. The molecular formula is C10H15BN2O4. The number of nitrogens with zero attached hydrogens (tertiary/aromatic N) is 1. The van der Waals surface area contributed by atoms with Crippen molar-refractivity contribution in [3.05, 3.63) is 0 Å². The van der Waals surface area contributed by atoms with Gasteiger partial charge in [-0.1, -0.05) is 0 Å². The van der Waals surface area contributed by atoms with Crippen LogP contribution in [0.4, 0.5) is 4.79 Å². The Morgan fingerprint density at radius 1 is 1.47 bits per heavy atom. The van der Waals surface area contributed by atoms with E-state index in [-0.39, 0.29) is 12.0 Å². The minimum absolute atomic E-state index is 0.155. The molecule has 0 radical (unpaired) electrons. The van der Waals surface area contributed by atoms with Crippen LogP contribution in [0.2, 0.25) is 0 Å². The van der Waals surface area contributed by atoms with Crippen LogP contribution in [0.1, 0.15) is 19.3 Å². The van der Waals surface area contributed by atoms with Gasteiger partial charge >= 0.3 is 99.3 Å². The summed E-state index contributed by atoms with van der Waals surface area (Å²) in [6.07, 6.45) is 1.73. The summed E-state index contributed by atoms with van der Waals surface area (Å²) in [5.41, 5.74) is 0. The Labute approximate surface area is 100 Å². The topological polar surface area (TPSA) is 79.7 Å². The fourth-order valence-electron chi connectivity index (χ4n) is 2.95. The van der Waals surface area contributed by atoms with Crippen LogP contribution < -0.4 is 0 Å². The van der Waals surface area contributed by atoms with E-state index in [2.05, 4.69) is 9.39 Å². The zero-order chi connectivity index (χ0) is 12.4. The van der Waals surface area contributed by atoms with E-state index < -0.39 is 6.09 Å². The summed E-state index contributed by atoms with van der Waals surface area (Å²) >= 11 is 0. The third-order valence-electron chi connectivity index (χ3n) is 3.74. The number of piperidine rings is 1. The molecule has 1 N–H and O–H groups in total. The van der Waals surface area contributed by atoms with Crippen LogP contribution in [0, 0.1) is 17.1 Å². The number of likely N-dealkylation sites (tertiary alicyclic amines) is 1. The van der Waals surface area contributed by atoms with Gasteiger partial charge in [0.05, 0.1) is 0 Å². The molecule has 3 unspecified atom stereocenters. The van der Waals surface area contributed by atoms with Crippen molar-refractivity contribution in [2.45, 2.75) is 25.3 Å². The monoisotopic (exact) mass is 238 g/mol. The first-order valence-electron chi connectivity index (χ1n) is 5.68. The Kier molecular flexibility index (Phi) is 3.45. The zero-order valence-electron chi connectivity index (χ0n) is 9.72. The number of fused-ring (bicyclic) bond motifs is 2. The molecule has 92 valence electrons. The second kappa shape index (κ2) is 4.85. The van der Waals surface area contributed by atoms with Crippen LogP contribution >= 0.6 is 0 Å². The number of carbonyl (C=O) groups excluding carboxylic acids is 2. The molecule has 3 atom stereocenters. The van der Waals surface area contributed by atoms with E-state index in [1.165, 1.54) is 7.11 Å². The summed E-state index contributed by atoms with van der Waals surface area (Å²) in [4.78, 5) is 24.3. The van der Waals surface area contributed by atoms with Gasteiger partial charge in [-0.15, -0.1) is 0 Å². The van der Waals surface area contributed by atoms with Gasteiger partial charge in [0.15, 0.2) is 0 Å². The number of hydrogen-bond acceptors (Lipinski definition) is 5. The number of hydrogen-bond donors (Lipinski definition) is 1.